The van der Waals surface area contributed by atoms with E-state index >= 15 is 0 Å². The molecule has 1 unspecified atom stereocenters. The quantitative estimate of drug-likeness (QED) is 0.194. The lowest BCUT2D eigenvalue weighted by Crippen LogP contribution is -2.44. The fourth-order valence-corrected chi connectivity index (χ4v) is 7.26. The van der Waals surface area contributed by atoms with Gasteiger partial charge in [0.25, 0.3) is 5.56 Å². The lowest BCUT2D eigenvalue weighted by atomic mass is 9.86. The Morgan fingerprint density at radius 2 is 1.67 bits per heavy atom. The van der Waals surface area contributed by atoms with Gasteiger partial charge in [-0.05, 0) is 93.8 Å². The zero-order valence-corrected chi connectivity index (χ0v) is 29.5. The summed E-state index contributed by atoms with van der Waals surface area (Å²) in [5.41, 5.74) is 7.25. The molecule has 0 spiro atoms. The van der Waals surface area contributed by atoms with Gasteiger partial charge in [0.2, 0.25) is 0 Å². The zero-order chi connectivity index (χ0) is 33.6. The molecule has 3 aliphatic heterocycles. The number of carbonyl (C=O) groups is 1. The van der Waals surface area contributed by atoms with Crippen molar-refractivity contribution in [3.8, 4) is 11.4 Å². The maximum absolute atomic E-state index is 13.0. The lowest BCUT2D eigenvalue weighted by molar-refractivity contribution is -0.172. The van der Waals surface area contributed by atoms with Gasteiger partial charge in [0.15, 0.2) is 5.60 Å². The maximum atomic E-state index is 13.0. The molecule has 0 fully saturated rings. The van der Waals surface area contributed by atoms with E-state index in [0.717, 1.165) is 59.5 Å². The number of para-hydroxylation sites is 2. The number of pyridine rings is 2. The van der Waals surface area contributed by atoms with Crippen LogP contribution in [0.25, 0.3) is 22.3 Å². The number of fused-ring (bicyclic) bond motifs is 7. The number of nitrogens with zero attached hydrogens (tertiary/aromatic N) is 4. The van der Waals surface area contributed by atoms with Crippen molar-refractivity contribution in [3.63, 3.8) is 0 Å². The molecule has 2 aromatic heterocycles. The van der Waals surface area contributed by atoms with Gasteiger partial charge in [0, 0.05) is 39.5 Å². The standard InChI is InChI=1S/C20H16N2O4.C19H23ClN2.ClH/c1-2-20(25)14-8-16-17-12(7-11-5-3-4-6-15(11)21-17)9-22(16)18(23)13(14)10-26-19(20)24;1-21(2)12-5-13-22-18-7-4-3-6-15(18)8-9-16-10-11-17(20)14-19(16)22;/h3-8,25H,2,9-10H2,1H3;3-4,6-7,10-11,14H,5,8-9,12-13H2,1-2H3;1H. The summed E-state index contributed by atoms with van der Waals surface area (Å²) in [6.45, 7) is 4.12. The lowest BCUT2D eigenvalue weighted by Gasteiger charge is -2.31. The summed E-state index contributed by atoms with van der Waals surface area (Å²) in [7, 11) is 4.25. The first-order chi connectivity index (χ1) is 23.2. The molecule has 5 heterocycles. The van der Waals surface area contributed by atoms with Gasteiger partial charge in [0.1, 0.15) is 6.61 Å². The number of aromatic nitrogens is 2. The van der Waals surface area contributed by atoms with Crippen LogP contribution in [0.5, 0.6) is 0 Å². The third kappa shape index (κ3) is 6.34. The number of ether oxygens (including phenoxy) is 1. The minimum atomic E-state index is -1.79. The van der Waals surface area contributed by atoms with Crippen LogP contribution in [0.15, 0.2) is 83.7 Å². The number of hydrogen-bond acceptors (Lipinski definition) is 7. The fourth-order valence-electron chi connectivity index (χ4n) is 7.10. The number of esters is 1. The topological polar surface area (TPSA) is 87.9 Å². The van der Waals surface area contributed by atoms with Crippen LogP contribution in [-0.2, 0) is 41.1 Å². The van der Waals surface area contributed by atoms with Crippen LogP contribution in [0.3, 0.4) is 0 Å². The van der Waals surface area contributed by atoms with Crippen molar-refractivity contribution < 1.29 is 14.6 Å². The molecule has 0 amide bonds. The van der Waals surface area contributed by atoms with Gasteiger partial charge in [-0.15, -0.1) is 12.4 Å². The number of hydrogen-bond donors (Lipinski definition) is 1. The molecule has 8 nitrogen and oxygen atoms in total. The van der Waals surface area contributed by atoms with E-state index in [4.69, 9.17) is 21.3 Å². The van der Waals surface area contributed by atoms with Crippen LogP contribution in [0.4, 0.5) is 11.4 Å². The molecular formula is C39H40Cl2N4O4. The van der Waals surface area contributed by atoms with E-state index in [0.29, 0.717) is 23.4 Å². The van der Waals surface area contributed by atoms with Gasteiger partial charge in [-0.1, -0.05) is 61.0 Å². The molecule has 5 aromatic rings. The molecule has 1 N–H and O–H groups in total. The Morgan fingerprint density at radius 1 is 0.939 bits per heavy atom. The molecule has 0 saturated heterocycles. The predicted octanol–water partition coefficient (Wildman–Crippen LogP) is 7.03. The van der Waals surface area contributed by atoms with Crippen LogP contribution in [0.1, 0.15) is 47.6 Å². The highest BCUT2D eigenvalue weighted by Gasteiger charge is 2.45. The highest BCUT2D eigenvalue weighted by Crippen LogP contribution is 2.39. The summed E-state index contributed by atoms with van der Waals surface area (Å²) in [6.07, 6.45) is 3.44. The number of benzene rings is 3. The van der Waals surface area contributed by atoms with E-state index < -0.39 is 11.6 Å². The van der Waals surface area contributed by atoms with Gasteiger partial charge < -0.3 is 24.2 Å². The Bertz CT molecular complexity index is 2110. The molecule has 0 radical (unpaired) electrons. The van der Waals surface area contributed by atoms with E-state index in [1.54, 1.807) is 17.6 Å². The first-order valence-electron chi connectivity index (χ1n) is 16.5. The van der Waals surface area contributed by atoms with Gasteiger partial charge in [-0.25, -0.2) is 9.78 Å². The van der Waals surface area contributed by atoms with Crippen molar-refractivity contribution in [2.45, 2.75) is 51.4 Å². The summed E-state index contributed by atoms with van der Waals surface area (Å²) in [5.74, 6) is -0.707. The average molecular weight is 700 g/mol. The zero-order valence-electron chi connectivity index (χ0n) is 27.9. The Kier molecular flexibility index (Phi) is 9.87. The molecule has 8 rings (SSSR count). The highest BCUT2D eigenvalue weighted by atomic mass is 35.5. The second-order valence-electron chi connectivity index (χ2n) is 13.0. The SMILES string of the molecule is CCC1(O)C(=O)OCc2c1cc1n(c2=O)Cc2cc3ccccc3nc2-1.CN(C)CCCN1c2ccccc2CCc2ccc(Cl)cc21.Cl. The molecule has 49 heavy (non-hydrogen) atoms. The van der Waals surface area contributed by atoms with Crippen molar-refractivity contribution >= 4 is 52.3 Å². The van der Waals surface area contributed by atoms with Gasteiger partial charge in [-0.2, -0.15) is 0 Å². The van der Waals surface area contributed by atoms with E-state index in [-0.39, 0.29) is 31.0 Å². The monoisotopic (exact) mass is 698 g/mol. The summed E-state index contributed by atoms with van der Waals surface area (Å²) >= 11 is 6.27. The molecule has 0 saturated carbocycles. The number of halogens is 2. The fraction of sp³-hybridized carbons (Fsp3) is 0.308. The van der Waals surface area contributed by atoms with E-state index in [2.05, 4.69) is 60.3 Å². The van der Waals surface area contributed by atoms with Crippen LogP contribution in [-0.4, -0.2) is 52.7 Å². The number of cyclic esters (lactones) is 1. The molecule has 10 heteroatoms. The predicted molar refractivity (Wildman–Crippen MR) is 197 cm³/mol. The number of anilines is 2. The van der Waals surface area contributed by atoms with Crippen molar-refractivity contribution in [2.75, 3.05) is 32.1 Å². The average Bonchev–Trinajstić information content (AvgIpc) is 3.37. The van der Waals surface area contributed by atoms with E-state index in [1.165, 1.54) is 22.5 Å². The first-order valence-corrected chi connectivity index (χ1v) is 16.9. The van der Waals surface area contributed by atoms with Crippen molar-refractivity contribution in [1.29, 1.82) is 0 Å². The van der Waals surface area contributed by atoms with Crippen molar-refractivity contribution in [1.82, 2.24) is 14.5 Å². The normalized spacial score (nSPS) is 17.0. The highest BCUT2D eigenvalue weighted by molar-refractivity contribution is 6.30. The Balaban J connectivity index is 0.000000169. The molecule has 0 aliphatic carbocycles. The van der Waals surface area contributed by atoms with Crippen LogP contribution in [0, 0.1) is 0 Å². The molecule has 0 bridgehead atoms. The number of carbonyl (C=O) groups excluding carboxylic acids is 1. The summed E-state index contributed by atoms with van der Waals surface area (Å²) in [4.78, 5) is 34.6. The Labute approximate surface area is 297 Å². The second-order valence-corrected chi connectivity index (χ2v) is 13.4. The van der Waals surface area contributed by atoms with Gasteiger partial charge >= 0.3 is 5.97 Å². The van der Waals surface area contributed by atoms with Gasteiger partial charge in [-0.3, -0.25) is 4.79 Å². The summed E-state index contributed by atoms with van der Waals surface area (Å²) in [6, 6.07) is 26.6. The van der Waals surface area contributed by atoms with Crippen molar-refractivity contribution in [2.24, 2.45) is 0 Å². The Morgan fingerprint density at radius 3 is 2.45 bits per heavy atom. The Hall–Kier alpha value is -4.21. The smallest absolute Gasteiger partial charge is 0.343 e. The largest absolute Gasteiger partial charge is 0.458 e. The molecule has 3 aromatic carbocycles. The number of aryl methyl sites for hydroxylation is 2. The van der Waals surface area contributed by atoms with Crippen LogP contribution >= 0.6 is 24.0 Å². The molecule has 254 valence electrons. The summed E-state index contributed by atoms with van der Waals surface area (Å²) in [5, 5.41) is 12.7. The molecule has 3 aliphatic rings. The van der Waals surface area contributed by atoms with Gasteiger partial charge in [0.05, 0.1) is 29.0 Å². The first kappa shape index (κ1) is 34.6. The van der Waals surface area contributed by atoms with Crippen LogP contribution in [0.2, 0.25) is 5.02 Å². The van der Waals surface area contributed by atoms with E-state index in [9.17, 15) is 14.7 Å². The number of aliphatic hydroxyl groups is 1. The number of rotatable bonds is 5. The maximum Gasteiger partial charge on any atom is 0.343 e. The second kappa shape index (κ2) is 14.0. The van der Waals surface area contributed by atoms with Crippen LogP contribution < -0.4 is 10.5 Å². The molecule has 1 atom stereocenters. The minimum absolute atomic E-state index is 0. The third-order valence-electron chi connectivity index (χ3n) is 9.69. The minimum Gasteiger partial charge on any atom is -0.458 e. The van der Waals surface area contributed by atoms with E-state index in [1.807, 2.05) is 36.4 Å². The summed E-state index contributed by atoms with van der Waals surface area (Å²) < 4.78 is 6.72. The van der Waals surface area contributed by atoms with Crippen molar-refractivity contribution in [3.05, 3.63) is 122 Å². The molecular weight excluding hydrogens is 659 g/mol. The third-order valence-corrected chi connectivity index (χ3v) is 9.92.